The number of nitrogens with zero attached hydrogens (tertiary/aromatic N) is 6. The molecule has 4 heterocycles. The lowest BCUT2D eigenvalue weighted by Gasteiger charge is -2.28. The van der Waals surface area contributed by atoms with Crippen molar-refractivity contribution in [2.24, 2.45) is 7.05 Å². The lowest BCUT2D eigenvalue weighted by Crippen LogP contribution is -2.44. The topological polar surface area (TPSA) is 97.5 Å². The summed E-state index contributed by atoms with van der Waals surface area (Å²) in [4.78, 5) is 39.1. The Kier molecular flexibility index (Phi) is 5.63. The molecule has 1 N–H and O–H groups in total. The second kappa shape index (κ2) is 8.36. The minimum atomic E-state index is -0.439. The molecular weight excluding hydrogens is 386 g/mol. The number of nitrogens with one attached hydrogen (secondary N) is 1. The van der Waals surface area contributed by atoms with E-state index in [1.807, 2.05) is 9.47 Å². The van der Waals surface area contributed by atoms with Crippen LogP contribution < -0.4 is 20.7 Å². The number of carbonyl (C=O) groups is 1. The van der Waals surface area contributed by atoms with E-state index in [1.165, 1.54) is 11.7 Å². The average molecular weight is 413 g/mol. The number of ether oxygens (including phenoxy) is 1. The van der Waals surface area contributed by atoms with E-state index in [4.69, 9.17) is 14.7 Å². The highest BCUT2D eigenvalue weighted by molar-refractivity contribution is 5.81. The summed E-state index contributed by atoms with van der Waals surface area (Å²) in [5.74, 6) is 6.79. The molecule has 0 saturated carbocycles. The number of aromatic nitrogens is 4. The first-order valence-electron chi connectivity index (χ1n) is 10.2. The maximum Gasteiger partial charge on any atom is 0.328 e. The number of hydrogen-bond donors (Lipinski definition) is 1. The number of hydrogen-bond acceptors (Lipinski definition) is 8. The maximum absolute atomic E-state index is 13.4. The SMILES string of the molecule is CC#CCn1c(N2CCNCC2)nc2nc(N3CCC[C@H]3C(=O)OC)n(C)c(=O)c21. The predicted molar refractivity (Wildman–Crippen MR) is 114 cm³/mol. The molecule has 10 nitrogen and oxygen atoms in total. The summed E-state index contributed by atoms with van der Waals surface area (Å²) in [6, 6.07) is -0.439. The summed E-state index contributed by atoms with van der Waals surface area (Å²) in [5.41, 5.74) is 0.624. The van der Waals surface area contributed by atoms with Gasteiger partial charge in [-0.05, 0) is 19.8 Å². The molecular formula is C20H27N7O3. The lowest BCUT2D eigenvalue weighted by atomic mass is 10.2. The number of piperazine rings is 1. The van der Waals surface area contributed by atoms with Crippen molar-refractivity contribution < 1.29 is 9.53 Å². The summed E-state index contributed by atoms with van der Waals surface area (Å²) in [6.45, 7) is 6.09. The van der Waals surface area contributed by atoms with Gasteiger partial charge in [0, 0.05) is 39.8 Å². The molecule has 0 amide bonds. The average Bonchev–Trinajstić information content (AvgIpc) is 3.39. The zero-order valence-electron chi connectivity index (χ0n) is 17.6. The molecule has 0 bridgehead atoms. The minimum absolute atomic E-state index is 0.197. The second-order valence-corrected chi connectivity index (χ2v) is 7.48. The van der Waals surface area contributed by atoms with E-state index < -0.39 is 6.04 Å². The van der Waals surface area contributed by atoms with Crippen LogP contribution in [0, 0.1) is 11.8 Å². The maximum atomic E-state index is 13.4. The van der Waals surface area contributed by atoms with Gasteiger partial charge < -0.3 is 19.9 Å². The summed E-state index contributed by atoms with van der Waals surface area (Å²) < 4.78 is 8.31. The molecule has 10 heteroatoms. The molecule has 2 fully saturated rings. The van der Waals surface area contributed by atoms with Gasteiger partial charge >= 0.3 is 5.97 Å². The number of esters is 1. The molecule has 1 atom stereocenters. The molecule has 2 saturated heterocycles. The Morgan fingerprint density at radius 3 is 2.67 bits per heavy atom. The molecule has 0 aliphatic carbocycles. The minimum Gasteiger partial charge on any atom is -0.467 e. The molecule has 4 rings (SSSR count). The summed E-state index contributed by atoms with van der Waals surface area (Å²) in [5, 5.41) is 3.33. The Morgan fingerprint density at radius 2 is 1.97 bits per heavy atom. The third-order valence-corrected chi connectivity index (χ3v) is 5.74. The van der Waals surface area contributed by atoms with Crippen molar-refractivity contribution in [3.8, 4) is 11.8 Å². The third kappa shape index (κ3) is 3.39. The normalized spacial score (nSPS) is 19.1. The van der Waals surface area contributed by atoms with Crippen molar-refractivity contribution in [2.45, 2.75) is 32.4 Å². The Labute approximate surface area is 174 Å². The van der Waals surface area contributed by atoms with Gasteiger partial charge in [0.05, 0.1) is 13.7 Å². The molecule has 160 valence electrons. The van der Waals surface area contributed by atoms with Crippen molar-refractivity contribution in [2.75, 3.05) is 49.6 Å². The van der Waals surface area contributed by atoms with Gasteiger partial charge in [-0.25, -0.2) is 4.79 Å². The molecule has 0 spiro atoms. The molecule has 2 aromatic heterocycles. The molecule has 0 aromatic carbocycles. The summed E-state index contributed by atoms with van der Waals surface area (Å²) in [6.07, 6.45) is 1.51. The van der Waals surface area contributed by atoms with Gasteiger partial charge in [-0.15, -0.1) is 5.92 Å². The highest BCUT2D eigenvalue weighted by Gasteiger charge is 2.35. The fourth-order valence-electron chi connectivity index (χ4n) is 4.20. The van der Waals surface area contributed by atoms with Crippen molar-refractivity contribution in [3.63, 3.8) is 0 Å². The van der Waals surface area contributed by atoms with Crippen LogP contribution in [-0.2, 0) is 23.1 Å². The fourth-order valence-corrected chi connectivity index (χ4v) is 4.20. The first kappa shape index (κ1) is 20.2. The standard InChI is InChI=1S/C20H27N7O3/c1-4-5-10-27-15-16(23-20(27)25-12-8-21-9-13-25)22-19(24(2)17(15)28)26-11-6-7-14(26)18(29)30-3/h14,21H,6-13H2,1-3H3/t14-/m0/s1. The zero-order valence-corrected chi connectivity index (χ0v) is 17.6. The molecule has 2 aromatic rings. The molecule has 0 unspecified atom stereocenters. The van der Waals surface area contributed by atoms with Gasteiger partial charge in [0.1, 0.15) is 6.04 Å². The van der Waals surface area contributed by atoms with Crippen LogP contribution in [0.3, 0.4) is 0 Å². The molecule has 0 radical (unpaired) electrons. The van der Waals surface area contributed by atoms with Gasteiger partial charge in [0.2, 0.25) is 11.9 Å². The smallest absolute Gasteiger partial charge is 0.328 e. The fraction of sp³-hybridized carbons (Fsp3) is 0.600. The van der Waals surface area contributed by atoms with Gasteiger partial charge in [-0.3, -0.25) is 13.9 Å². The summed E-state index contributed by atoms with van der Waals surface area (Å²) in [7, 11) is 3.06. The first-order valence-corrected chi connectivity index (χ1v) is 10.2. The molecule has 2 aliphatic rings. The second-order valence-electron chi connectivity index (χ2n) is 7.48. The van der Waals surface area contributed by atoms with E-state index in [1.54, 1.807) is 14.0 Å². The zero-order chi connectivity index (χ0) is 21.3. The number of imidazole rings is 1. The highest BCUT2D eigenvalue weighted by Crippen LogP contribution is 2.26. The Morgan fingerprint density at radius 1 is 1.23 bits per heavy atom. The van der Waals surface area contributed by atoms with Crippen LogP contribution in [0.2, 0.25) is 0 Å². The van der Waals surface area contributed by atoms with E-state index in [-0.39, 0.29) is 11.5 Å². The Hall–Kier alpha value is -3.06. The van der Waals surface area contributed by atoms with Crippen LogP contribution in [0.4, 0.5) is 11.9 Å². The van der Waals surface area contributed by atoms with Gasteiger partial charge in [0.15, 0.2) is 11.2 Å². The van der Waals surface area contributed by atoms with Crippen LogP contribution in [0.1, 0.15) is 19.8 Å². The monoisotopic (exact) mass is 413 g/mol. The Bertz CT molecular complexity index is 1070. The van der Waals surface area contributed by atoms with E-state index in [0.29, 0.717) is 42.6 Å². The largest absolute Gasteiger partial charge is 0.467 e. The van der Waals surface area contributed by atoms with Gasteiger partial charge in [0.25, 0.3) is 5.56 Å². The number of anilines is 2. The van der Waals surface area contributed by atoms with Gasteiger partial charge in [-0.1, -0.05) is 5.92 Å². The highest BCUT2D eigenvalue weighted by atomic mass is 16.5. The van der Waals surface area contributed by atoms with Crippen molar-refractivity contribution >= 4 is 29.0 Å². The predicted octanol–water partition coefficient (Wildman–Crippen LogP) is -0.295. The van der Waals surface area contributed by atoms with Crippen LogP contribution in [-0.4, -0.2) is 70.9 Å². The molecule has 2 aliphatic heterocycles. The molecule has 30 heavy (non-hydrogen) atoms. The van der Waals surface area contributed by atoms with Gasteiger partial charge in [-0.2, -0.15) is 9.97 Å². The van der Waals surface area contributed by atoms with E-state index in [0.717, 1.165) is 32.6 Å². The van der Waals surface area contributed by atoms with Crippen LogP contribution in [0.5, 0.6) is 0 Å². The number of fused-ring (bicyclic) bond motifs is 1. The van der Waals surface area contributed by atoms with Crippen LogP contribution in [0.15, 0.2) is 4.79 Å². The number of carbonyl (C=O) groups excluding carboxylic acids is 1. The first-order chi connectivity index (χ1) is 14.6. The van der Waals surface area contributed by atoms with Crippen molar-refractivity contribution in [3.05, 3.63) is 10.4 Å². The summed E-state index contributed by atoms with van der Waals surface area (Å²) >= 11 is 0. The van der Waals surface area contributed by atoms with E-state index >= 15 is 0 Å². The van der Waals surface area contributed by atoms with Crippen molar-refractivity contribution in [1.82, 2.24) is 24.4 Å². The van der Waals surface area contributed by atoms with E-state index in [2.05, 4.69) is 22.1 Å². The quantitative estimate of drug-likeness (QED) is 0.539. The van der Waals surface area contributed by atoms with Crippen LogP contribution >= 0.6 is 0 Å². The van der Waals surface area contributed by atoms with E-state index in [9.17, 15) is 9.59 Å². The number of methoxy groups -OCH3 is 1. The third-order valence-electron chi connectivity index (χ3n) is 5.74. The van der Waals surface area contributed by atoms with Crippen molar-refractivity contribution in [1.29, 1.82) is 0 Å². The number of rotatable bonds is 4. The van der Waals surface area contributed by atoms with Crippen LogP contribution in [0.25, 0.3) is 11.2 Å². The lowest BCUT2D eigenvalue weighted by molar-refractivity contribution is -0.141. The Balaban J connectivity index is 1.86.